The van der Waals surface area contributed by atoms with Gasteiger partial charge in [0.2, 0.25) is 0 Å². The maximum absolute atomic E-state index is 13.7. The third-order valence-corrected chi connectivity index (χ3v) is 2.88. The first-order valence-corrected chi connectivity index (χ1v) is 5.64. The predicted octanol–water partition coefficient (Wildman–Crippen LogP) is 1.78. The largest absolute Gasteiger partial charge is 0.376 e. The molecule has 2 rings (SSSR count). The molecule has 1 fully saturated rings. The van der Waals surface area contributed by atoms with Crippen molar-refractivity contribution in [3.05, 3.63) is 35.1 Å². The van der Waals surface area contributed by atoms with E-state index in [4.69, 9.17) is 9.47 Å². The van der Waals surface area contributed by atoms with Gasteiger partial charge in [0.05, 0.1) is 25.9 Å². The summed E-state index contributed by atoms with van der Waals surface area (Å²) in [5.74, 6) is -2.80. The fraction of sp³-hybridized carbons (Fsp3) is 0.500. The molecule has 1 aromatic carbocycles. The predicted molar refractivity (Wildman–Crippen MR) is 58.7 cm³/mol. The molecule has 0 saturated carbocycles. The van der Waals surface area contributed by atoms with Gasteiger partial charge in [0.1, 0.15) is 23.6 Å². The summed E-state index contributed by atoms with van der Waals surface area (Å²) in [5, 5.41) is 2.78. The zero-order valence-electron chi connectivity index (χ0n) is 9.88. The monoisotopic (exact) mass is 261 g/mol. The average molecular weight is 261 g/mol. The maximum atomic E-state index is 13.7. The van der Waals surface area contributed by atoms with Gasteiger partial charge in [0.25, 0.3) is 0 Å². The Balaban J connectivity index is 2.32. The highest BCUT2D eigenvalue weighted by Crippen LogP contribution is 2.27. The second-order valence-electron chi connectivity index (χ2n) is 4.03. The fourth-order valence-corrected chi connectivity index (χ4v) is 2.07. The number of ether oxygens (including phenoxy) is 2. The molecule has 1 N–H and O–H groups in total. The summed E-state index contributed by atoms with van der Waals surface area (Å²) in [6, 6.07) is 0.602. The van der Waals surface area contributed by atoms with Crippen LogP contribution < -0.4 is 5.32 Å². The van der Waals surface area contributed by atoms with Crippen molar-refractivity contribution >= 4 is 0 Å². The number of likely N-dealkylation sites (N-methyl/N-ethyl adjacent to an activating group) is 1. The van der Waals surface area contributed by atoms with Gasteiger partial charge in [-0.2, -0.15) is 0 Å². The van der Waals surface area contributed by atoms with Crippen LogP contribution in [0.5, 0.6) is 0 Å². The molecular formula is C12H14F3NO2. The molecule has 18 heavy (non-hydrogen) atoms. The summed E-state index contributed by atoms with van der Waals surface area (Å²) in [4.78, 5) is 0. The lowest BCUT2D eigenvalue weighted by molar-refractivity contribution is -0.102. The molecule has 1 aliphatic heterocycles. The molecule has 3 nitrogen and oxygen atoms in total. The third-order valence-electron chi connectivity index (χ3n) is 2.88. The van der Waals surface area contributed by atoms with Crippen molar-refractivity contribution in [1.82, 2.24) is 5.32 Å². The standard InChI is InChI=1S/C12H14F3NO2/c1-16-12(10-6-17-2-3-18-10)11-8(14)4-7(13)5-9(11)15/h4-5,10,12,16H,2-3,6H2,1H3. The summed E-state index contributed by atoms with van der Waals surface area (Å²) in [7, 11) is 1.56. The maximum Gasteiger partial charge on any atom is 0.133 e. The van der Waals surface area contributed by atoms with E-state index in [9.17, 15) is 13.2 Å². The van der Waals surface area contributed by atoms with Crippen LogP contribution >= 0.6 is 0 Å². The Morgan fingerprint density at radius 1 is 1.22 bits per heavy atom. The molecule has 1 heterocycles. The molecule has 0 amide bonds. The lowest BCUT2D eigenvalue weighted by Crippen LogP contribution is -2.40. The molecule has 0 aromatic heterocycles. The number of rotatable bonds is 3. The van der Waals surface area contributed by atoms with Gasteiger partial charge in [-0.15, -0.1) is 0 Å². The normalized spacial score (nSPS) is 21.9. The molecule has 1 aromatic rings. The summed E-state index contributed by atoms with van der Waals surface area (Å²) in [6.07, 6.45) is -0.502. The highest BCUT2D eigenvalue weighted by atomic mass is 19.1. The van der Waals surface area contributed by atoms with E-state index in [1.165, 1.54) is 0 Å². The molecule has 1 saturated heterocycles. The number of hydrogen-bond acceptors (Lipinski definition) is 3. The molecule has 1 aliphatic rings. The van der Waals surface area contributed by atoms with E-state index in [0.29, 0.717) is 25.3 Å². The molecule has 0 bridgehead atoms. The van der Waals surface area contributed by atoms with E-state index < -0.39 is 29.6 Å². The first-order chi connectivity index (χ1) is 8.63. The fourth-order valence-electron chi connectivity index (χ4n) is 2.07. The Hall–Kier alpha value is -1.11. The van der Waals surface area contributed by atoms with Crippen LogP contribution in [0.15, 0.2) is 12.1 Å². The summed E-state index contributed by atoms with van der Waals surface area (Å²) < 4.78 is 50.9. The van der Waals surface area contributed by atoms with Crippen molar-refractivity contribution in [1.29, 1.82) is 0 Å². The molecule has 0 radical (unpaired) electrons. The topological polar surface area (TPSA) is 30.5 Å². The van der Waals surface area contributed by atoms with Gasteiger partial charge in [-0.3, -0.25) is 0 Å². The summed E-state index contributed by atoms with van der Waals surface area (Å²) in [6.45, 7) is 1.07. The van der Waals surface area contributed by atoms with Gasteiger partial charge in [-0.05, 0) is 7.05 Å². The molecular weight excluding hydrogens is 247 g/mol. The Kier molecular flexibility index (Phi) is 4.21. The zero-order chi connectivity index (χ0) is 13.1. The van der Waals surface area contributed by atoms with Gasteiger partial charge in [-0.25, -0.2) is 13.2 Å². The first kappa shape index (κ1) is 13.3. The van der Waals surface area contributed by atoms with Crippen molar-refractivity contribution in [2.75, 3.05) is 26.9 Å². The minimum Gasteiger partial charge on any atom is -0.376 e. The number of hydrogen-bond donors (Lipinski definition) is 1. The van der Waals surface area contributed by atoms with Crippen LogP contribution in [0.3, 0.4) is 0 Å². The quantitative estimate of drug-likeness (QED) is 0.899. The van der Waals surface area contributed by atoms with E-state index in [2.05, 4.69) is 5.32 Å². The lowest BCUT2D eigenvalue weighted by atomic mass is 10.00. The van der Waals surface area contributed by atoms with Crippen LogP contribution in [0, 0.1) is 17.5 Å². The highest BCUT2D eigenvalue weighted by molar-refractivity contribution is 5.25. The van der Waals surface area contributed by atoms with Crippen LogP contribution in [-0.4, -0.2) is 33.0 Å². The number of nitrogens with one attached hydrogen (secondary N) is 1. The number of halogens is 3. The van der Waals surface area contributed by atoms with Gasteiger partial charge < -0.3 is 14.8 Å². The summed E-state index contributed by atoms with van der Waals surface area (Å²) >= 11 is 0. The van der Waals surface area contributed by atoms with Crippen molar-refractivity contribution in [3.8, 4) is 0 Å². The van der Waals surface area contributed by atoms with E-state index >= 15 is 0 Å². The van der Waals surface area contributed by atoms with Crippen molar-refractivity contribution in [2.45, 2.75) is 12.1 Å². The Bertz CT molecular complexity index is 399. The molecule has 6 heteroatoms. The van der Waals surface area contributed by atoms with Crippen molar-refractivity contribution < 1.29 is 22.6 Å². The van der Waals surface area contributed by atoms with Crippen molar-refractivity contribution in [2.24, 2.45) is 0 Å². The second-order valence-corrected chi connectivity index (χ2v) is 4.03. The molecule has 0 aliphatic carbocycles. The van der Waals surface area contributed by atoms with Gasteiger partial charge >= 0.3 is 0 Å². The molecule has 100 valence electrons. The minimum absolute atomic E-state index is 0.227. The Morgan fingerprint density at radius 3 is 2.39 bits per heavy atom. The molecule has 2 atom stereocenters. The first-order valence-electron chi connectivity index (χ1n) is 5.64. The minimum atomic E-state index is -0.940. The average Bonchev–Trinajstić information content (AvgIpc) is 2.34. The molecule has 2 unspecified atom stereocenters. The van der Waals surface area contributed by atoms with Gasteiger partial charge in [-0.1, -0.05) is 0 Å². The van der Waals surface area contributed by atoms with Gasteiger partial charge in [0, 0.05) is 17.7 Å². The number of benzene rings is 1. The smallest absolute Gasteiger partial charge is 0.133 e. The van der Waals surface area contributed by atoms with E-state index in [-0.39, 0.29) is 12.2 Å². The van der Waals surface area contributed by atoms with Gasteiger partial charge in [0.15, 0.2) is 0 Å². The lowest BCUT2D eigenvalue weighted by Gasteiger charge is -2.30. The van der Waals surface area contributed by atoms with E-state index in [1.807, 2.05) is 0 Å². The Labute approximate surface area is 103 Å². The third kappa shape index (κ3) is 2.66. The molecule has 0 spiro atoms. The van der Waals surface area contributed by atoms with E-state index in [0.717, 1.165) is 0 Å². The highest BCUT2D eigenvalue weighted by Gasteiger charge is 2.30. The van der Waals surface area contributed by atoms with Crippen molar-refractivity contribution in [3.63, 3.8) is 0 Å². The van der Waals surface area contributed by atoms with Crippen LogP contribution in [-0.2, 0) is 9.47 Å². The van der Waals surface area contributed by atoms with E-state index in [1.54, 1.807) is 7.05 Å². The van der Waals surface area contributed by atoms with Crippen LogP contribution in [0.2, 0.25) is 0 Å². The van der Waals surface area contributed by atoms with Crippen LogP contribution in [0.4, 0.5) is 13.2 Å². The Morgan fingerprint density at radius 2 is 1.89 bits per heavy atom. The summed E-state index contributed by atoms with van der Waals surface area (Å²) in [5.41, 5.74) is -0.227. The zero-order valence-corrected chi connectivity index (χ0v) is 9.88. The second kappa shape index (κ2) is 5.69. The van der Waals surface area contributed by atoms with Crippen LogP contribution in [0.1, 0.15) is 11.6 Å². The van der Waals surface area contributed by atoms with Crippen LogP contribution in [0.25, 0.3) is 0 Å². The SMILES string of the molecule is CNC(c1c(F)cc(F)cc1F)C1COCCO1.